The molecule has 0 spiro atoms. The van der Waals surface area contributed by atoms with Gasteiger partial charge in [-0.15, -0.1) is 0 Å². The van der Waals surface area contributed by atoms with Gasteiger partial charge in [0.05, 0.1) is 5.69 Å². The Morgan fingerprint density at radius 2 is 2.05 bits per heavy atom. The van der Waals surface area contributed by atoms with Crippen LogP contribution in [0.3, 0.4) is 0 Å². The Morgan fingerprint density at radius 3 is 2.75 bits per heavy atom. The molecule has 3 heterocycles. The highest BCUT2D eigenvalue weighted by molar-refractivity contribution is 5.69. The van der Waals surface area contributed by atoms with Gasteiger partial charge in [0, 0.05) is 51.2 Å². The third-order valence-corrected chi connectivity index (χ3v) is 4.07. The summed E-state index contributed by atoms with van der Waals surface area (Å²) in [6.45, 7) is 8.97. The molecule has 0 amide bonds. The number of aryl methyl sites for hydroxylation is 1. The molecule has 0 bridgehead atoms. The van der Waals surface area contributed by atoms with E-state index in [1.165, 1.54) is 0 Å². The van der Waals surface area contributed by atoms with Gasteiger partial charge in [-0.2, -0.15) is 5.10 Å². The SMILES string of the molecule is Cc1cc2c(N3CCN(C(C)CN)CC3)nccn2n1. The van der Waals surface area contributed by atoms with Crippen molar-refractivity contribution in [3.63, 3.8) is 0 Å². The maximum atomic E-state index is 5.75. The van der Waals surface area contributed by atoms with Crippen LogP contribution in [0.5, 0.6) is 0 Å². The van der Waals surface area contributed by atoms with Gasteiger partial charge in [-0.3, -0.25) is 4.90 Å². The highest BCUT2D eigenvalue weighted by Crippen LogP contribution is 2.21. The molecule has 0 aromatic carbocycles. The Balaban J connectivity index is 1.80. The van der Waals surface area contributed by atoms with Gasteiger partial charge in [0.1, 0.15) is 5.52 Å². The van der Waals surface area contributed by atoms with Crippen LogP contribution in [0.2, 0.25) is 0 Å². The normalized spacial score (nSPS) is 18.6. The van der Waals surface area contributed by atoms with E-state index >= 15 is 0 Å². The number of fused-ring (bicyclic) bond motifs is 1. The molecule has 20 heavy (non-hydrogen) atoms. The van der Waals surface area contributed by atoms with Gasteiger partial charge >= 0.3 is 0 Å². The molecule has 2 N–H and O–H groups in total. The molecule has 2 aromatic heterocycles. The van der Waals surface area contributed by atoms with Gasteiger partial charge in [-0.25, -0.2) is 9.50 Å². The first kappa shape index (κ1) is 13.3. The fraction of sp³-hybridized carbons (Fsp3) is 0.571. The van der Waals surface area contributed by atoms with E-state index in [4.69, 9.17) is 5.73 Å². The Morgan fingerprint density at radius 1 is 1.30 bits per heavy atom. The van der Waals surface area contributed by atoms with E-state index in [-0.39, 0.29) is 0 Å². The molecule has 1 aliphatic rings. The molecule has 6 nitrogen and oxygen atoms in total. The van der Waals surface area contributed by atoms with Crippen molar-refractivity contribution in [2.45, 2.75) is 19.9 Å². The largest absolute Gasteiger partial charge is 0.352 e. The predicted molar refractivity (Wildman–Crippen MR) is 80.0 cm³/mol. The van der Waals surface area contributed by atoms with E-state index in [0.717, 1.165) is 49.8 Å². The van der Waals surface area contributed by atoms with Crippen molar-refractivity contribution in [3.05, 3.63) is 24.2 Å². The van der Waals surface area contributed by atoms with Crippen molar-refractivity contribution in [1.82, 2.24) is 19.5 Å². The van der Waals surface area contributed by atoms with Gasteiger partial charge in [0.2, 0.25) is 0 Å². The van der Waals surface area contributed by atoms with Crippen LogP contribution < -0.4 is 10.6 Å². The van der Waals surface area contributed by atoms with Gasteiger partial charge < -0.3 is 10.6 Å². The van der Waals surface area contributed by atoms with Gasteiger partial charge in [0.15, 0.2) is 5.82 Å². The van der Waals surface area contributed by atoms with Crippen LogP contribution in [0.4, 0.5) is 5.82 Å². The molecule has 1 saturated heterocycles. The van der Waals surface area contributed by atoms with Gasteiger partial charge in [-0.05, 0) is 19.9 Å². The number of hydrogen-bond acceptors (Lipinski definition) is 5. The van der Waals surface area contributed by atoms with Crippen molar-refractivity contribution in [3.8, 4) is 0 Å². The van der Waals surface area contributed by atoms with Crippen molar-refractivity contribution < 1.29 is 0 Å². The summed E-state index contributed by atoms with van der Waals surface area (Å²) in [5.41, 5.74) is 7.86. The second-order valence-electron chi connectivity index (χ2n) is 5.47. The molecule has 1 atom stereocenters. The minimum atomic E-state index is 0.457. The van der Waals surface area contributed by atoms with E-state index in [2.05, 4.69) is 32.9 Å². The molecule has 1 unspecified atom stereocenters. The zero-order chi connectivity index (χ0) is 14.1. The molecular weight excluding hydrogens is 252 g/mol. The smallest absolute Gasteiger partial charge is 0.154 e. The number of hydrogen-bond donors (Lipinski definition) is 1. The Bertz CT molecular complexity index is 584. The van der Waals surface area contributed by atoms with E-state index in [1.807, 2.05) is 23.8 Å². The lowest BCUT2D eigenvalue weighted by atomic mass is 10.2. The lowest BCUT2D eigenvalue weighted by molar-refractivity contribution is 0.201. The minimum Gasteiger partial charge on any atom is -0.352 e. The number of anilines is 1. The van der Waals surface area contributed by atoms with Crippen LogP contribution in [0.15, 0.2) is 18.5 Å². The van der Waals surface area contributed by atoms with Crippen LogP contribution in [-0.4, -0.2) is 58.3 Å². The van der Waals surface area contributed by atoms with E-state index < -0.39 is 0 Å². The molecular formula is C14H22N6. The van der Waals surface area contributed by atoms with E-state index in [9.17, 15) is 0 Å². The molecule has 1 fully saturated rings. The molecule has 0 saturated carbocycles. The number of nitrogens with two attached hydrogens (primary N) is 1. The van der Waals surface area contributed by atoms with Crippen molar-refractivity contribution in [2.24, 2.45) is 5.73 Å². The first-order chi connectivity index (χ1) is 9.69. The Labute approximate surface area is 119 Å². The monoisotopic (exact) mass is 274 g/mol. The van der Waals surface area contributed by atoms with Crippen LogP contribution >= 0.6 is 0 Å². The van der Waals surface area contributed by atoms with Crippen molar-refractivity contribution >= 4 is 11.3 Å². The summed E-state index contributed by atoms with van der Waals surface area (Å²) < 4.78 is 1.91. The number of piperazine rings is 1. The second-order valence-corrected chi connectivity index (χ2v) is 5.47. The van der Waals surface area contributed by atoms with Crippen LogP contribution in [0.25, 0.3) is 5.52 Å². The molecule has 3 rings (SSSR count). The highest BCUT2D eigenvalue weighted by Gasteiger charge is 2.22. The summed E-state index contributed by atoms with van der Waals surface area (Å²) in [5, 5.41) is 4.45. The lowest BCUT2D eigenvalue weighted by Crippen LogP contribution is -2.51. The fourth-order valence-corrected chi connectivity index (χ4v) is 2.80. The van der Waals surface area contributed by atoms with Crippen molar-refractivity contribution in [2.75, 3.05) is 37.6 Å². The van der Waals surface area contributed by atoms with E-state index in [1.54, 1.807) is 0 Å². The zero-order valence-corrected chi connectivity index (χ0v) is 12.2. The van der Waals surface area contributed by atoms with Gasteiger partial charge in [0.25, 0.3) is 0 Å². The first-order valence-corrected chi connectivity index (χ1v) is 7.19. The van der Waals surface area contributed by atoms with Crippen molar-refractivity contribution in [1.29, 1.82) is 0 Å². The molecule has 0 radical (unpaired) electrons. The molecule has 6 heteroatoms. The number of nitrogens with zero attached hydrogens (tertiary/aromatic N) is 5. The summed E-state index contributed by atoms with van der Waals surface area (Å²) in [6, 6.07) is 2.55. The van der Waals surface area contributed by atoms with E-state index in [0.29, 0.717) is 6.04 Å². The Kier molecular flexibility index (Phi) is 3.58. The fourth-order valence-electron chi connectivity index (χ4n) is 2.80. The third-order valence-electron chi connectivity index (χ3n) is 4.07. The summed E-state index contributed by atoms with van der Waals surface area (Å²) in [4.78, 5) is 9.34. The zero-order valence-electron chi connectivity index (χ0n) is 12.2. The average molecular weight is 274 g/mol. The quantitative estimate of drug-likeness (QED) is 0.883. The number of rotatable bonds is 3. The third kappa shape index (κ3) is 2.36. The van der Waals surface area contributed by atoms with Crippen LogP contribution in [-0.2, 0) is 0 Å². The second kappa shape index (κ2) is 5.38. The minimum absolute atomic E-state index is 0.457. The highest BCUT2D eigenvalue weighted by atomic mass is 15.3. The maximum Gasteiger partial charge on any atom is 0.154 e. The Hall–Kier alpha value is -1.66. The molecule has 108 valence electrons. The standard InChI is InChI=1S/C14H22N6/c1-11-9-13-14(16-3-4-20(13)17-11)19-7-5-18(6-8-19)12(2)10-15/h3-4,9,12H,5-8,10,15H2,1-2H3. The van der Waals surface area contributed by atoms with Crippen LogP contribution in [0.1, 0.15) is 12.6 Å². The van der Waals surface area contributed by atoms with Crippen LogP contribution in [0, 0.1) is 6.92 Å². The summed E-state index contributed by atoms with van der Waals surface area (Å²) in [7, 11) is 0. The van der Waals surface area contributed by atoms with Gasteiger partial charge in [-0.1, -0.05) is 0 Å². The summed E-state index contributed by atoms with van der Waals surface area (Å²) in [5.74, 6) is 1.04. The molecule has 1 aliphatic heterocycles. The maximum absolute atomic E-state index is 5.75. The predicted octanol–water partition coefficient (Wildman–Crippen LogP) is 0.507. The lowest BCUT2D eigenvalue weighted by Gasteiger charge is -2.38. The summed E-state index contributed by atoms with van der Waals surface area (Å²) in [6.07, 6.45) is 3.72. The topological polar surface area (TPSA) is 62.7 Å². The first-order valence-electron chi connectivity index (χ1n) is 7.19. The summed E-state index contributed by atoms with van der Waals surface area (Å²) >= 11 is 0. The number of aromatic nitrogens is 3. The molecule has 2 aromatic rings. The average Bonchev–Trinajstić information content (AvgIpc) is 2.86. The molecule has 0 aliphatic carbocycles.